The van der Waals surface area contributed by atoms with Crippen molar-refractivity contribution in [3.63, 3.8) is 0 Å². The minimum absolute atomic E-state index is 0.0508. The normalized spacial score (nSPS) is 10.4. The van der Waals surface area contributed by atoms with E-state index in [2.05, 4.69) is 20.8 Å². The molecule has 150 valence electrons. The summed E-state index contributed by atoms with van der Waals surface area (Å²) in [5.74, 6) is -1.00. The molecule has 0 unspecified atom stereocenters. The van der Waals surface area contributed by atoms with Gasteiger partial charge in [0.25, 0.3) is 5.91 Å². The van der Waals surface area contributed by atoms with Crippen LogP contribution in [0.15, 0.2) is 30.7 Å². The number of hydrogen-bond acceptors (Lipinski definition) is 6. The number of aliphatic hydroxyl groups excluding tert-OH is 1. The number of hydroxylamine groups is 1. The van der Waals surface area contributed by atoms with E-state index in [1.807, 2.05) is 13.8 Å². The van der Waals surface area contributed by atoms with E-state index in [0.717, 1.165) is 5.56 Å². The van der Waals surface area contributed by atoms with Crippen molar-refractivity contribution in [3.8, 4) is 0 Å². The Morgan fingerprint density at radius 2 is 2.11 bits per heavy atom. The first kappa shape index (κ1) is 21.3. The van der Waals surface area contributed by atoms with Crippen molar-refractivity contribution >= 4 is 28.3 Å². The Kier molecular flexibility index (Phi) is 7.42. The lowest BCUT2D eigenvalue weighted by Crippen LogP contribution is -2.27. The number of rotatable bonds is 6. The SMILES string of the molecule is CC.Cc1ccc(Nc2c(C(=O)NOCCO)n(C)c3ncncc23)c(F)c1. The van der Waals surface area contributed by atoms with E-state index in [0.29, 0.717) is 16.7 Å². The van der Waals surface area contributed by atoms with Crippen molar-refractivity contribution in [2.75, 3.05) is 18.5 Å². The topological polar surface area (TPSA) is 101 Å². The van der Waals surface area contributed by atoms with E-state index in [1.165, 1.54) is 12.4 Å². The molecular weight excluding hydrogens is 365 g/mol. The number of aryl methyl sites for hydroxylation is 2. The lowest BCUT2D eigenvalue weighted by atomic mass is 10.2. The largest absolute Gasteiger partial charge is 0.394 e. The number of carbonyl (C=O) groups is 1. The minimum atomic E-state index is -0.561. The van der Waals surface area contributed by atoms with Gasteiger partial charge < -0.3 is 15.0 Å². The van der Waals surface area contributed by atoms with Crippen LogP contribution in [-0.2, 0) is 11.9 Å². The molecule has 0 spiro atoms. The second-order valence-corrected chi connectivity index (χ2v) is 5.65. The molecule has 0 bridgehead atoms. The molecular formula is C19H24FN5O3. The second-order valence-electron chi connectivity index (χ2n) is 5.65. The molecule has 9 heteroatoms. The predicted molar refractivity (Wildman–Crippen MR) is 105 cm³/mol. The number of nitrogens with zero attached hydrogens (tertiary/aromatic N) is 3. The number of hydrogen-bond donors (Lipinski definition) is 3. The van der Waals surface area contributed by atoms with Crippen LogP contribution >= 0.6 is 0 Å². The quantitative estimate of drug-likeness (QED) is 0.443. The van der Waals surface area contributed by atoms with Crippen molar-refractivity contribution in [1.82, 2.24) is 20.0 Å². The fraction of sp³-hybridized carbons (Fsp3) is 0.316. The van der Waals surface area contributed by atoms with Crippen LogP contribution in [-0.4, -0.2) is 38.8 Å². The number of amides is 1. The number of fused-ring (bicyclic) bond motifs is 1. The van der Waals surface area contributed by atoms with E-state index < -0.39 is 11.7 Å². The third kappa shape index (κ3) is 4.44. The van der Waals surface area contributed by atoms with Gasteiger partial charge in [-0.05, 0) is 24.6 Å². The molecule has 8 nitrogen and oxygen atoms in total. The van der Waals surface area contributed by atoms with Gasteiger partial charge in [0.15, 0.2) is 0 Å². The summed E-state index contributed by atoms with van der Waals surface area (Å²) >= 11 is 0. The van der Waals surface area contributed by atoms with Gasteiger partial charge in [-0.3, -0.25) is 9.63 Å². The van der Waals surface area contributed by atoms with Crippen LogP contribution in [0.4, 0.5) is 15.8 Å². The van der Waals surface area contributed by atoms with Gasteiger partial charge in [-0.15, -0.1) is 0 Å². The molecule has 0 radical (unpaired) electrons. The van der Waals surface area contributed by atoms with Crippen molar-refractivity contribution in [3.05, 3.63) is 47.8 Å². The summed E-state index contributed by atoms with van der Waals surface area (Å²) in [5.41, 5.74) is 4.30. The van der Waals surface area contributed by atoms with Crippen molar-refractivity contribution in [1.29, 1.82) is 0 Å². The molecule has 0 aliphatic carbocycles. The van der Waals surface area contributed by atoms with Gasteiger partial charge in [-0.2, -0.15) is 0 Å². The Bertz CT molecular complexity index is 958. The number of carbonyl (C=O) groups excluding carboxylic acids is 1. The highest BCUT2D eigenvalue weighted by molar-refractivity contribution is 6.08. The molecule has 0 aliphatic heterocycles. The highest BCUT2D eigenvalue weighted by Crippen LogP contribution is 2.32. The molecule has 2 heterocycles. The first-order chi connectivity index (χ1) is 13.5. The maximum absolute atomic E-state index is 14.3. The number of aliphatic hydroxyl groups is 1. The molecule has 0 saturated heterocycles. The summed E-state index contributed by atoms with van der Waals surface area (Å²) < 4.78 is 15.8. The fourth-order valence-electron chi connectivity index (χ4n) is 2.63. The Labute approximate surface area is 162 Å². The predicted octanol–water partition coefficient (Wildman–Crippen LogP) is 2.84. The zero-order chi connectivity index (χ0) is 20.7. The zero-order valence-electron chi connectivity index (χ0n) is 16.3. The van der Waals surface area contributed by atoms with Gasteiger partial charge in [0.05, 0.1) is 30.0 Å². The minimum Gasteiger partial charge on any atom is -0.394 e. The summed E-state index contributed by atoms with van der Waals surface area (Å²) in [6, 6.07) is 4.75. The average molecular weight is 389 g/mol. The highest BCUT2D eigenvalue weighted by atomic mass is 19.1. The Hall–Kier alpha value is -3.04. The van der Waals surface area contributed by atoms with Gasteiger partial charge >= 0.3 is 0 Å². The Balaban J connectivity index is 0.00000136. The summed E-state index contributed by atoms with van der Waals surface area (Å²) in [4.78, 5) is 25.6. The summed E-state index contributed by atoms with van der Waals surface area (Å²) in [6.07, 6.45) is 2.91. The van der Waals surface area contributed by atoms with E-state index in [1.54, 1.807) is 36.9 Å². The fourth-order valence-corrected chi connectivity index (χ4v) is 2.63. The Morgan fingerprint density at radius 1 is 1.36 bits per heavy atom. The first-order valence-electron chi connectivity index (χ1n) is 8.87. The second kappa shape index (κ2) is 9.77. The van der Waals surface area contributed by atoms with Crippen LogP contribution in [0.25, 0.3) is 11.0 Å². The first-order valence-corrected chi connectivity index (χ1v) is 8.87. The number of nitrogens with one attached hydrogen (secondary N) is 2. The molecule has 1 aromatic carbocycles. The average Bonchev–Trinajstić information content (AvgIpc) is 2.98. The Morgan fingerprint density at radius 3 is 2.79 bits per heavy atom. The van der Waals surface area contributed by atoms with Gasteiger partial charge in [-0.25, -0.2) is 19.8 Å². The van der Waals surface area contributed by atoms with E-state index in [-0.39, 0.29) is 24.6 Å². The molecule has 0 aliphatic rings. The lowest BCUT2D eigenvalue weighted by molar-refractivity contribution is 0.0163. The molecule has 28 heavy (non-hydrogen) atoms. The van der Waals surface area contributed by atoms with Gasteiger partial charge in [0.1, 0.15) is 23.5 Å². The molecule has 3 N–H and O–H groups in total. The highest BCUT2D eigenvalue weighted by Gasteiger charge is 2.23. The van der Waals surface area contributed by atoms with Crippen LogP contribution in [0, 0.1) is 12.7 Å². The van der Waals surface area contributed by atoms with Gasteiger partial charge in [0.2, 0.25) is 0 Å². The lowest BCUT2D eigenvalue weighted by Gasteiger charge is -2.11. The van der Waals surface area contributed by atoms with E-state index in [4.69, 9.17) is 9.94 Å². The van der Waals surface area contributed by atoms with Gasteiger partial charge in [-0.1, -0.05) is 19.9 Å². The third-order valence-electron chi connectivity index (χ3n) is 3.81. The summed E-state index contributed by atoms with van der Waals surface area (Å²) in [7, 11) is 1.66. The summed E-state index contributed by atoms with van der Waals surface area (Å²) in [6.45, 7) is 5.50. The van der Waals surface area contributed by atoms with Crippen LogP contribution in [0.3, 0.4) is 0 Å². The standard InChI is InChI=1S/C17H18FN5O3.C2H6/c1-10-3-4-13(12(18)7-10)21-14-11-8-19-9-20-16(11)23(2)15(14)17(25)22-26-6-5-24;1-2/h3-4,7-9,21,24H,5-6H2,1-2H3,(H,22,25);1-2H3. The number of benzene rings is 1. The van der Waals surface area contributed by atoms with Crippen LogP contribution in [0.1, 0.15) is 29.9 Å². The smallest absolute Gasteiger partial charge is 0.293 e. The molecule has 0 fully saturated rings. The van der Waals surface area contributed by atoms with E-state index in [9.17, 15) is 9.18 Å². The van der Waals surface area contributed by atoms with Crippen LogP contribution in [0.2, 0.25) is 0 Å². The maximum Gasteiger partial charge on any atom is 0.293 e. The van der Waals surface area contributed by atoms with Crippen molar-refractivity contribution in [2.45, 2.75) is 20.8 Å². The van der Waals surface area contributed by atoms with Crippen molar-refractivity contribution < 1.29 is 19.1 Å². The summed E-state index contributed by atoms with van der Waals surface area (Å²) in [5, 5.41) is 12.3. The number of anilines is 2. The number of aromatic nitrogens is 3. The molecule has 3 rings (SSSR count). The van der Waals surface area contributed by atoms with Crippen LogP contribution < -0.4 is 10.8 Å². The zero-order valence-corrected chi connectivity index (χ0v) is 16.3. The van der Waals surface area contributed by atoms with E-state index >= 15 is 0 Å². The monoisotopic (exact) mass is 389 g/mol. The maximum atomic E-state index is 14.3. The number of halogens is 1. The van der Waals surface area contributed by atoms with Crippen LogP contribution in [0.5, 0.6) is 0 Å². The molecule has 0 saturated carbocycles. The molecule has 1 amide bonds. The third-order valence-corrected chi connectivity index (χ3v) is 3.81. The molecule has 0 atom stereocenters. The molecule has 3 aromatic rings. The van der Waals surface area contributed by atoms with Gasteiger partial charge in [0, 0.05) is 13.2 Å². The van der Waals surface area contributed by atoms with Crippen molar-refractivity contribution in [2.24, 2.45) is 7.05 Å². The molecule has 2 aromatic heterocycles.